The molecule has 0 bridgehead atoms. The Bertz CT molecular complexity index is 1110. The van der Waals surface area contributed by atoms with Crippen LogP contribution in [0.4, 0.5) is 0 Å². The third-order valence-electron chi connectivity index (χ3n) is 5.17. The fraction of sp³-hybridized carbons (Fsp3) is 0.364. The number of ketones is 1. The van der Waals surface area contributed by atoms with Gasteiger partial charge in [0.15, 0.2) is 12.4 Å². The number of nitrogens with zero attached hydrogens (tertiary/aromatic N) is 1. The van der Waals surface area contributed by atoms with Crippen molar-refractivity contribution < 1.29 is 27.5 Å². The van der Waals surface area contributed by atoms with Gasteiger partial charge in [-0.15, -0.1) is 0 Å². The van der Waals surface area contributed by atoms with Crippen LogP contribution in [-0.4, -0.2) is 51.3 Å². The monoisotopic (exact) mass is 499 g/mol. The molecule has 0 amide bonds. The lowest BCUT2D eigenvalue weighted by Crippen LogP contribution is -2.32. The summed E-state index contributed by atoms with van der Waals surface area (Å²) in [5.74, 6) is -1.21. The zero-order valence-corrected chi connectivity index (χ0v) is 19.8. The van der Waals surface area contributed by atoms with Gasteiger partial charge < -0.3 is 9.47 Å². The number of ether oxygens (including phenoxy) is 2. The highest BCUT2D eigenvalue weighted by atomic mass is 35.5. The number of hydrogen-bond acceptors (Lipinski definition) is 6. The van der Waals surface area contributed by atoms with Crippen LogP contribution in [0, 0.1) is 0 Å². The Morgan fingerprint density at radius 3 is 2.28 bits per heavy atom. The molecule has 32 heavy (non-hydrogen) atoms. The van der Waals surface area contributed by atoms with Crippen molar-refractivity contribution in [3.63, 3.8) is 0 Å². The van der Waals surface area contributed by atoms with Crippen molar-refractivity contribution >= 4 is 45.0 Å². The number of carbonyl (C=O) groups excluding carboxylic acids is 2. The van der Waals surface area contributed by atoms with Gasteiger partial charge in [0.2, 0.25) is 10.0 Å². The average Bonchev–Trinajstić information content (AvgIpc) is 3.08. The molecule has 0 aromatic heterocycles. The molecular formula is C22H23Cl2NO6S. The van der Waals surface area contributed by atoms with E-state index in [1.54, 1.807) is 0 Å². The quantitative estimate of drug-likeness (QED) is 0.408. The van der Waals surface area contributed by atoms with Gasteiger partial charge in [-0.1, -0.05) is 36.0 Å². The summed E-state index contributed by atoms with van der Waals surface area (Å²) in [7, 11) is -2.42. The van der Waals surface area contributed by atoms with Crippen LogP contribution >= 0.6 is 23.2 Å². The molecule has 10 heteroatoms. The summed E-state index contributed by atoms with van der Waals surface area (Å²) in [5, 5.41) is 0.504. The van der Waals surface area contributed by atoms with E-state index in [4.69, 9.17) is 32.7 Å². The number of sulfonamides is 1. The summed E-state index contributed by atoms with van der Waals surface area (Å²) in [5.41, 5.74) is 0.155. The first kappa shape index (κ1) is 24.5. The van der Waals surface area contributed by atoms with Gasteiger partial charge in [0.1, 0.15) is 11.3 Å². The normalized spacial score (nSPS) is 15.1. The van der Waals surface area contributed by atoms with Crippen LogP contribution in [0.5, 0.6) is 5.75 Å². The molecule has 0 N–H and O–H groups in total. The van der Waals surface area contributed by atoms with Gasteiger partial charge in [-0.2, -0.15) is 4.31 Å². The second-order valence-electron chi connectivity index (χ2n) is 7.31. The average molecular weight is 500 g/mol. The third kappa shape index (κ3) is 5.61. The van der Waals surface area contributed by atoms with Gasteiger partial charge in [-0.25, -0.2) is 13.2 Å². The smallest absolute Gasteiger partial charge is 0.342 e. The highest BCUT2D eigenvalue weighted by Gasteiger charge is 2.27. The molecule has 3 rings (SSSR count). The number of Topliss-reactive ketones (excluding diaryl/α,β-unsaturated/α-hetero) is 1. The molecule has 0 radical (unpaired) electrons. The molecular weight excluding hydrogens is 477 g/mol. The molecule has 1 aliphatic rings. The van der Waals surface area contributed by atoms with Crippen LogP contribution in [0.15, 0.2) is 41.3 Å². The lowest BCUT2D eigenvalue weighted by Gasteiger charge is -2.20. The lowest BCUT2D eigenvalue weighted by molar-refractivity contribution is 0.0471. The third-order valence-corrected chi connectivity index (χ3v) is 7.80. The molecule has 7 nitrogen and oxygen atoms in total. The number of methoxy groups -OCH3 is 1. The van der Waals surface area contributed by atoms with Gasteiger partial charge in [0.05, 0.1) is 22.1 Å². The van der Waals surface area contributed by atoms with E-state index in [1.165, 1.54) is 47.8 Å². The van der Waals surface area contributed by atoms with Gasteiger partial charge >= 0.3 is 5.97 Å². The second-order valence-corrected chi connectivity index (χ2v) is 10.1. The molecule has 2 aromatic carbocycles. The van der Waals surface area contributed by atoms with Crippen molar-refractivity contribution in [2.75, 3.05) is 26.8 Å². The molecule has 0 saturated carbocycles. The Morgan fingerprint density at radius 2 is 1.66 bits per heavy atom. The Hall–Kier alpha value is -2.13. The Balaban J connectivity index is 1.79. The van der Waals surface area contributed by atoms with Crippen molar-refractivity contribution in [3.05, 3.63) is 57.6 Å². The van der Waals surface area contributed by atoms with Crippen molar-refractivity contribution in [2.24, 2.45) is 0 Å². The standard InChI is InChI=1S/C22H23Cl2NO6S/c1-30-21-9-7-16(32(28,29)25-10-4-2-3-5-11-25)13-17(21)22(27)31-14-20(26)15-6-8-18(23)19(24)12-15/h6-9,12-13H,2-5,10-11,14H2,1H3. The zero-order valence-electron chi connectivity index (χ0n) is 17.5. The maximum Gasteiger partial charge on any atom is 0.342 e. The zero-order chi connectivity index (χ0) is 23.3. The number of rotatable bonds is 7. The molecule has 0 unspecified atom stereocenters. The molecule has 2 aromatic rings. The topological polar surface area (TPSA) is 90.0 Å². The summed E-state index contributed by atoms with van der Waals surface area (Å²) in [6, 6.07) is 8.36. The van der Waals surface area contributed by atoms with Crippen molar-refractivity contribution in [2.45, 2.75) is 30.6 Å². The van der Waals surface area contributed by atoms with Crippen molar-refractivity contribution in [3.8, 4) is 5.75 Å². The van der Waals surface area contributed by atoms with Gasteiger partial charge in [-0.05, 0) is 49.2 Å². The van der Waals surface area contributed by atoms with Crippen LogP contribution in [-0.2, 0) is 14.8 Å². The molecule has 1 fully saturated rings. The Kier molecular flexibility index (Phi) is 8.16. The number of benzene rings is 2. The largest absolute Gasteiger partial charge is 0.496 e. The maximum absolute atomic E-state index is 13.1. The van der Waals surface area contributed by atoms with E-state index in [9.17, 15) is 18.0 Å². The molecule has 1 saturated heterocycles. The molecule has 172 valence electrons. The van der Waals surface area contributed by atoms with Crippen LogP contribution in [0.3, 0.4) is 0 Å². The van der Waals surface area contributed by atoms with Gasteiger partial charge in [-0.3, -0.25) is 4.79 Å². The lowest BCUT2D eigenvalue weighted by atomic mass is 10.1. The summed E-state index contributed by atoms with van der Waals surface area (Å²) < 4.78 is 37.9. The molecule has 0 aliphatic carbocycles. The molecule has 0 atom stereocenters. The van der Waals surface area contributed by atoms with Crippen LogP contribution in [0.2, 0.25) is 10.0 Å². The Morgan fingerprint density at radius 1 is 0.969 bits per heavy atom. The fourth-order valence-corrected chi connectivity index (χ4v) is 5.24. The number of halogens is 2. The SMILES string of the molecule is COc1ccc(S(=O)(=O)N2CCCCCC2)cc1C(=O)OCC(=O)c1ccc(Cl)c(Cl)c1. The van der Waals surface area contributed by atoms with E-state index < -0.39 is 28.4 Å². The minimum absolute atomic E-state index is 0.0250. The molecule has 1 aliphatic heterocycles. The fourth-order valence-electron chi connectivity index (χ4n) is 3.40. The first-order valence-corrected chi connectivity index (χ1v) is 12.3. The van der Waals surface area contributed by atoms with E-state index in [0.29, 0.717) is 18.1 Å². The maximum atomic E-state index is 13.1. The predicted molar refractivity (Wildman–Crippen MR) is 121 cm³/mol. The first-order valence-electron chi connectivity index (χ1n) is 10.1. The minimum atomic E-state index is -3.77. The van der Waals surface area contributed by atoms with Crippen LogP contribution in [0.25, 0.3) is 0 Å². The van der Waals surface area contributed by atoms with E-state index in [0.717, 1.165) is 25.7 Å². The highest BCUT2D eigenvalue weighted by Crippen LogP contribution is 2.27. The minimum Gasteiger partial charge on any atom is -0.496 e. The summed E-state index contributed by atoms with van der Waals surface area (Å²) in [4.78, 5) is 25.0. The van der Waals surface area contributed by atoms with Gasteiger partial charge in [0.25, 0.3) is 0 Å². The van der Waals surface area contributed by atoms with E-state index in [1.807, 2.05) is 0 Å². The summed E-state index contributed by atoms with van der Waals surface area (Å²) in [6.45, 7) is 0.321. The van der Waals surface area contributed by atoms with Crippen LogP contribution < -0.4 is 4.74 Å². The van der Waals surface area contributed by atoms with E-state index in [-0.39, 0.29) is 26.8 Å². The highest BCUT2D eigenvalue weighted by molar-refractivity contribution is 7.89. The first-order chi connectivity index (χ1) is 15.2. The number of esters is 1. The van der Waals surface area contributed by atoms with Gasteiger partial charge in [0, 0.05) is 18.7 Å². The molecule has 0 spiro atoms. The van der Waals surface area contributed by atoms with E-state index in [2.05, 4.69) is 0 Å². The number of hydrogen-bond donors (Lipinski definition) is 0. The van der Waals surface area contributed by atoms with Crippen LogP contribution in [0.1, 0.15) is 46.4 Å². The Labute approximate surface area is 197 Å². The second kappa shape index (κ2) is 10.7. The van der Waals surface area contributed by atoms with E-state index >= 15 is 0 Å². The number of carbonyl (C=O) groups is 2. The summed E-state index contributed by atoms with van der Waals surface area (Å²) >= 11 is 11.8. The van der Waals surface area contributed by atoms with Crippen molar-refractivity contribution in [1.29, 1.82) is 0 Å². The predicted octanol–water partition coefficient (Wildman–Crippen LogP) is 4.61. The molecule has 1 heterocycles. The summed E-state index contributed by atoms with van der Waals surface area (Å²) in [6.07, 6.45) is 3.56. The van der Waals surface area contributed by atoms with Crippen molar-refractivity contribution in [1.82, 2.24) is 4.31 Å².